The number of nitriles is 8. The van der Waals surface area contributed by atoms with Crippen molar-refractivity contribution >= 4 is 54.4 Å². The maximum absolute atomic E-state index is 10.2. The molecule has 14 nitrogen and oxygen atoms in total. The van der Waals surface area contributed by atoms with Gasteiger partial charge in [0.05, 0.1) is 38.0 Å². The summed E-state index contributed by atoms with van der Waals surface area (Å²) in [5.41, 5.74) is -0.931. The second-order valence-corrected chi connectivity index (χ2v) is 10.2. The maximum atomic E-state index is 10.2. The fraction of sp³-hybridized carbons (Fsp3) is 0. The number of fused-ring (bicyclic) bond motifs is 6. The first-order valence-corrected chi connectivity index (χ1v) is 13.7. The van der Waals surface area contributed by atoms with Crippen LogP contribution in [0.25, 0.3) is 43.0 Å². The van der Waals surface area contributed by atoms with E-state index < -0.39 is 11.6 Å². The molecule has 47 heavy (non-hydrogen) atoms. The molecule has 0 saturated carbocycles. The first-order chi connectivity index (χ1) is 22.9. The smallest absolute Gasteiger partial charge is 0.234 e. The predicted molar refractivity (Wildman–Crippen MR) is 160 cm³/mol. The zero-order valence-corrected chi connectivity index (χ0v) is 23.9. The molecule has 1 aromatic carbocycles. The van der Waals surface area contributed by atoms with Crippen LogP contribution in [0.15, 0.2) is 36.0 Å². The van der Waals surface area contributed by atoms with Gasteiger partial charge in [0.1, 0.15) is 48.6 Å². The number of hydrogen-bond acceptors (Lipinski definition) is 15. The van der Waals surface area contributed by atoms with E-state index in [1.807, 2.05) is 47.9 Å². The van der Waals surface area contributed by atoms with E-state index in [1.54, 1.807) is 24.3 Å². The molecule has 0 unspecified atom stereocenters. The molecule has 5 heterocycles. The third kappa shape index (κ3) is 4.50. The molecular weight excluding hydrogens is 613 g/mol. The molecule has 0 N–H and O–H groups in total. The third-order valence-corrected chi connectivity index (χ3v) is 7.86. The van der Waals surface area contributed by atoms with Gasteiger partial charge in [-0.2, -0.15) is 42.1 Å². The molecular formula is C32H6N14S. The molecule has 210 valence electrons. The molecule has 0 aliphatic heterocycles. The first kappa shape index (κ1) is 28.9. The summed E-state index contributed by atoms with van der Waals surface area (Å²) in [7, 11) is 0. The van der Waals surface area contributed by atoms with E-state index in [0.29, 0.717) is 21.8 Å². The highest BCUT2D eigenvalue weighted by Crippen LogP contribution is 2.35. The number of hydrogen-bond donors (Lipinski definition) is 0. The Morgan fingerprint density at radius 3 is 1.36 bits per heavy atom. The number of rotatable bonds is 2. The van der Waals surface area contributed by atoms with Crippen LogP contribution in [0.5, 0.6) is 0 Å². The molecule has 5 aromatic heterocycles. The van der Waals surface area contributed by atoms with Crippen LogP contribution in [0, 0.1) is 90.6 Å². The van der Waals surface area contributed by atoms with Gasteiger partial charge in [-0.1, -0.05) is 0 Å². The summed E-state index contributed by atoms with van der Waals surface area (Å²) in [5.74, 6) is -0.812. The normalized spacial score (nSPS) is 11.5. The number of benzene rings is 1. The van der Waals surface area contributed by atoms with Crippen molar-refractivity contribution in [2.24, 2.45) is 0 Å². The maximum Gasteiger partial charge on any atom is 0.234 e. The minimum absolute atomic E-state index is 0.142. The van der Waals surface area contributed by atoms with E-state index in [0.717, 1.165) is 10.1 Å². The summed E-state index contributed by atoms with van der Waals surface area (Å²) in [5, 5.41) is 82.0. The molecule has 0 aliphatic carbocycles. The predicted octanol–water partition coefficient (Wildman–Crippen LogP) is 2.25. The van der Waals surface area contributed by atoms with Gasteiger partial charge < -0.3 is 0 Å². The second-order valence-electron chi connectivity index (χ2n) is 9.29. The number of pyridine rings is 2. The van der Waals surface area contributed by atoms with Crippen molar-refractivity contribution in [2.45, 2.75) is 0 Å². The molecule has 6 aromatic rings. The summed E-state index contributed by atoms with van der Waals surface area (Å²) in [6.07, 6.45) is 2.81. The monoisotopic (exact) mass is 618 g/mol. The fourth-order valence-corrected chi connectivity index (χ4v) is 5.94. The minimum Gasteiger partial charge on any atom is -0.255 e. The number of aromatic nitrogens is 6. The van der Waals surface area contributed by atoms with Crippen LogP contribution < -0.4 is 10.4 Å². The van der Waals surface area contributed by atoms with Gasteiger partial charge >= 0.3 is 0 Å². The Bertz CT molecular complexity index is 2630. The zero-order chi connectivity index (χ0) is 33.2. The van der Waals surface area contributed by atoms with Crippen LogP contribution in [0.4, 0.5) is 0 Å². The summed E-state index contributed by atoms with van der Waals surface area (Å²) in [6, 6.07) is 19.8. The van der Waals surface area contributed by atoms with Gasteiger partial charge in [-0.15, -0.1) is 11.3 Å². The summed E-state index contributed by atoms with van der Waals surface area (Å²) < 4.78 is 0.776. The topological polar surface area (TPSA) is 268 Å². The van der Waals surface area contributed by atoms with E-state index in [2.05, 4.69) is 29.9 Å². The molecule has 0 amide bonds. The van der Waals surface area contributed by atoms with Crippen LogP contribution in [0.3, 0.4) is 0 Å². The Balaban J connectivity index is 1.79. The Kier molecular flexibility index (Phi) is 7.07. The van der Waals surface area contributed by atoms with Crippen LogP contribution >= 0.6 is 11.3 Å². The molecule has 0 radical (unpaired) electrons. The molecule has 15 heteroatoms. The van der Waals surface area contributed by atoms with Gasteiger partial charge in [0.25, 0.3) is 0 Å². The average molecular weight is 619 g/mol. The molecule has 0 spiro atoms. The van der Waals surface area contributed by atoms with E-state index in [-0.39, 0.29) is 55.5 Å². The summed E-state index contributed by atoms with van der Waals surface area (Å²) >= 11 is 1.41. The van der Waals surface area contributed by atoms with Crippen molar-refractivity contribution in [3.63, 3.8) is 0 Å². The molecule has 0 bridgehead atoms. The van der Waals surface area contributed by atoms with Crippen LogP contribution in [0.1, 0.15) is 45.6 Å². The van der Waals surface area contributed by atoms with Crippen molar-refractivity contribution in [3.8, 4) is 48.6 Å². The quantitative estimate of drug-likeness (QED) is 0.252. The Labute approximate surface area is 266 Å². The lowest BCUT2D eigenvalue weighted by molar-refractivity contribution is 1.06. The lowest BCUT2D eigenvalue weighted by Gasteiger charge is -2.09. The largest absolute Gasteiger partial charge is 0.255 e. The second kappa shape index (κ2) is 11.5. The summed E-state index contributed by atoms with van der Waals surface area (Å²) in [4.78, 5) is 24.8. The Morgan fingerprint density at radius 1 is 0.532 bits per heavy atom. The van der Waals surface area contributed by atoms with Crippen molar-refractivity contribution in [3.05, 3.63) is 92.0 Å². The first-order valence-electron chi connectivity index (χ1n) is 12.8. The standard InChI is InChI=1S/C32H6N14S/c33-5-20(28-22(7-35)43-26(11-39)44-23(28)8-36)15-3-18-19-4-16(14-42-31(19)32-17(1-2-47-32)30(18)41-13-15)21(6-34)29-24(9-37)45-27(12-40)46-25(29)10-38/h1-4,13-14H/b20-15-,21-16-. The van der Waals surface area contributed by atoms with Crippen LogP contribution in [-0.4, -0.2) is 29.9 Å². The van der Waals surface area contributed by atoms with Gasteiger partial charge in [0.15, 0.2) is 22.8 Å². The van der Waals surface area contributed by atoms with Gasteiger partial charge in [0.2, 0.25) is 11.6 Å². The summed E-state index contributed by atoms with van der Waals surface area (Å²) in [6.45, 7) is 0. The van der Waals surface area contributed by atoms with Crippen molar-refractivity contribution < 1.29 is 0 Å². The van der Waals surface area contributed by atoms with E-state index in [9.17, 15) is 42.1 Å². The van der Waals surface area contributed by atoms with Crippen LogP contribution in [0.2, 0.25) is 0 Å². The van der Waals surface area contributed by atoms with Crippen molar-refractivity contribution in [1.29, 1.82) is 42.1 Å². The van der Waals surface area contributed by atoms with E-state index in [4.69, 9.17) is 0 Å². The van der Waals surface area contributed by atoms with Gasteiger partial charge in [-0.05, 0) is 23.6 Å². The highest BCUT2D eigenvalue weighted by Gasteiger charge is 2.22. The molecule has 0 atom stereocenters. The highest BCUT2D eigenvalue weighted by atomic mass is 32.1. The minimum atomic E-state index is -0.406. The van der Waals surface area contributed by atoms with Gasteiger partial charge in [0, 0.05) is 39.0 Å². The Morgan fingerprint density at radius 2 is 0.957 bits per heavy atom. The Hall–Kier alpha value is -8.18. The molecule has 6 rings (SSSR count). The molecule has 0 saturated heterocycles. The average Bonchev–Trinajstić information content (AvgIpc) is 3.62. The fourth-order valence-electron chi connectivity index (χ4n) is 5.04. The lowest BCUT2D eigenvalue weighted by atomic mass is 9.98. The lowest BCUT2D eigenvalue weighted by Crippen LogP contribution is -2.14. The highest BCUT2D eigenvalue weighted by molar-refractivity contribution is 7.18. The SMILES string of the molecule is N#C/C(c1c(C#N)nc(C#N)nc1C#N)=c1/cnc2c(c1)c1c/c(=C(\C#N)c3c(C#N)nc(C#N)nc3C#N)cnc1c1sccc21. The third-order valence-electron chi connectivity index (χ3n) is 6.94. The van der Waals surface area contributed by atoms with Gasteiger partial charge in [-0.3, -0.25) is 9.97 Å². The number of nitrogens with zero attached hydrogens (tertiary/aromatic N) is 14. The van der Waals surface area contributed by atoms with Crippen molar-refractivity contribution in [2.75, 3.05) is 0 Å². The molecule has 0 fully saturated rings. The van der Waals surface area contributed by atoms with E-state index >= 15 is 0 Å². The molecule has 0 aliphatic rings. The van der Waals surface area contributed by atoms with Crippen molar-refractivity contribution in [1.82, 2.24) is 29.9 Å². The number of thiophene rings is 1. The van der Waals surface area contributed by atoms with Crippen LogP contribution in [-0.2, 0) is 0 Å². The zero-order valence-electron chi connectivity index (χ0n) is 23.1. The van der Waals surface area contributed by atoms with Gasteiger partial charge in [-0.25, -0.2) is 19.9 Å². The van der Waals surface area contributed by atoms with E-state index in [1.165, 1.54) is 23.7 Å².